The van der Waals surface area contributed by atoms with Crippen molar-refractivity contribution in [3.05, 3.63) is 18.3 Å². The number of aromatic nitrogens is 4. The second-order valence-corrected chi connectivity index (χ2v) is 4.24. The third-order valence-electron chi connectivity index (χ3n) is 2.93. The van der Waals surface area contributed by atoms with Crippen LogP contribution < -0.4 is 5.73 Å². The van der Waals surface area contributed by atoms with Crippen LogP contribution in [0.2, 0.25) is 0 Å². The van der Waals surface area contributed by atoms with Crippen molar-refractivity contribution in [2.75, 3.05) is 13.2 Å². The van der Waals surface area contributed by atoms with Crippen molar-refractivity contribution in [2.45, 2.75) is 12.0 Å². The number of nitrogens with two attached hydrogens (primary N) is 1. The Bertz CT molecular complexity index is 526. The van der Waals surface area contributed by atoms with Crippen molar-refractivity contribution in [1.82, 2.24) is 19.7 Å². The lowest BCUT2D eigenvalue weighted by Gasteiger charge is -2.14. The number of hydrogen-bond donors (Lipinski definition) is 1. The molecule has 0 aliphatic carbocycles. The molecule has 0 spiro atoms. The second-order valence-electron chi connectivity index (χ2n) is 4.24. The van der Waals surface area contributed by atoms with Crippen molar-refractivity contribution >= 4 is 0 Å². The van der Waals surface area contributed by atoms with E-state index in [1.807, 2.05) is 17.8 Å². The molecule has 0 saturated carbocycles. The zero-order valence-electron chi connectivity index (χ0n) is 9.46. The Labute approximate surface area is 97.6 Å². The van der Waals surface area contributed by atoms with Gasteiger partial charge in [-0.15, -0.1) is 0 Å². The summed E-state index contributed by atoms with van der Waals surface area (Å²) in [5, 5.41) is 3.90. The summed E-state index contributed by atoms with van der Waals surface area (Å²) >= 11 is 0. The van der Waals surface area contributed by atoms with Gasteiger partial charge in [-0.2, -0.15) is 4.98 Å². The van der Waals surface area contributed by atoms with E-state index in [0.29, 0.717) is 37.2 Å². The van der Waals surface area contributed by atoms with Crippen LogP contribution in [-0.2, 0) is 17.3 Å². The van der Waals surface area contributed by atoms with Crippen LogP contribution in [-0.4, -0.2) is 32.9 Å². The summed E-state index contributed by atoms with van der Waals surface area (Å²) in [5.74, 6) is 1.51. The van der Waals surface area contributed by atoms with Crippen LogP contribution in [0.25, 0.3) is 11.6 Å². The van der Waals surface area contributed by atoms with Gasteiger partial charge in [-0.25, -0.2) is 4.98 Å². The summed E-state index contributed by atoms with van der Waals surface area (Å²) in [7, 11) is 1.87. The predicted molar refractivity (Wildman–Crippen MR) is 57.8 cm³/mol. The number of ether oxygens (including phenoxy) is 1. The Kier molecular flexibility index (Phi) is 2.23. The number of imidazole rings is 1. The Hall–Kier alpha value is -1.73. The molecule has 90 valence electrons. The average Bonchev–Trinajstić information content (AvgIpc) is 2.97. The molecule has 1 unspecified atom stereocenters. The fourth-order valence-electron chi connectivity index (χ4n) is 1.85. The van der Waals surface area contributed by atoms with Crippen molar-refractivity contribution in [3.8, 4) is 11.6 Å². The summed E-state index contributed by atoms with van der Waals surface area (Å²) in [5.41, 5.74) is 5.48. The molecule has 1 atom stereocenters. The molecule has 0 aromatic carbocycles. The quantitative estimate of drug-likeness (QED) is 0.790. The van der Waals surface area contributed by atoms with Crippen LogP contribution in [0.15, 0.2) is 16.9 Å². The van der Waals surface area contributed by atoms with Gasteiger partial charge in [0.15, 0.2) is 5.82 Å². The van der Waals surface area contributed by atoms with Crippen LogP contribution in [0.4, 0.5) is 0 Å². The summed E-state index contributed by atoms with van der Waals surface area (Å²) in [4.78, 5) is 8.46. The molecule has 1 aliphatic rings. The van der Waals surface area contributed by atoms with Gasteiger partial charge in [0.2, 0.25) is 11.7 Å². The summed E-state index contributed by atoms with van der Waals surface area (Å²) in [6.45, 7) is 1.03. The highest BCUT2D eigenvalue weighted by Gasteiger charge is 2.38. The fraction of sp³-hybridized carbons (Fsp3) is 0.500. The number of hydrogen-bond acceptors (Lipinski definition) is 6. The van der Waals surface area contributed by atoms with Crippen LogP contribution in [0, 0.1) is 0 Å². The lowest BCUT2D eigenvalue weighted by Crippen LogP contribution is -2.37. The average molecular weight is 235 g/mol. The maximum Gasteiger partial charge on any atom is 0.249 e. The summed E-state index contributed by atoms with van der Waals surface area (Å²) in [6, 6.07) is 0. The van der Waals surface area contributed by atoms with E-state index in [4.69, 9.17) is 15.0 Å². The minimum atomic E-state index is -0.656. The molecule has 7 nitrogen and oxygen atoms in total. The van der Waals surface area contributed by atoms with Crippen LogP contribution >= 0.6 is 0 Å². The number of nitrogens with zero attached hydrogens (tertiary/aromatic N) is 4. The first kappa shape index (κ1) is 10.4. The van der Waals surface area contributed by atoms with Crippen molar-refractivity contribution in [3.63, 3.8) is 0 Å². The van der Waals surface area contributed by atoms with Crippen molar-refractivity contribution < 1.29 is 9.26 Å². The van der Waals surface area contributed by atoms with Gasteiger partial charge in [0.25, 0.3) is 0 Å². The van der Waals surface area contributed by atoms with Gasteiger partial charge >= 0.3 is 0 Å². The van der Waals surface area contributed by atoms with Gasteiger partial charge in [-0.3, -0.25) is 0 Å². The molecule has 7 heteroatoms. The van der Waals surface area contributed by atoms with Crippen LogP contribution in [0.1, 0.15) is 12.3 Å². The molecule has 3 rings (SSSR count). The van der Waals surface area contributed by atoms with Gasteiger partial charge in [0.05, 0.1) is 6.61 Å². The molecule has 0 radical (unpaired) electrons. The minimum Gasteiger partial charge on any atom is -0.379 e. The SMILES string of the molecule is Cn1ccnc1-c1noc(C2(N)CCOC2)n1. The molecule has 2 aromatic rings. The summed E-state index contributed by atoms with van der Waals surface area (Å²) in [6.07, 6.45) is 4.19. The van der Waals surface area contributed by atoms with Crippen molar-refractivity contribution in [2.24, 2.45) is 12.8 Å². The number of aryl methyl sites for hydroxylation is 1. The number of rotatable bonds is 2. The highest BCUT2D eigenvalue weighted by molar-refractivity contribution is 5.42. The maximum atomic E-state index is 6.14. The van der Waals surface area contributed by atoms with Gasteiger partial charge < -0.3 is 19.6 Å². The minimum absolute atomic E-state index is 0.410. The summed E-state index contributed by atoms with van der Waals surface area (Å²) < 4.78 is 12.3. The Morgan fingerprint density at radius 2 is 2.41 bits per heavy atom. The fourth-order valence-corrected chi connectivity index (χ4v) is 1.85. The molecule has 1 saturated heterocycles. The van der Waals surface area contributed by atoms with Gasteiger partial charge in [0, 0.05) is 26.0 Å². The van der Waals surface area contributed by atoms with E-state index in [-0.39, 0.29) is 0 Å². The first-order chi connectivity index (χ1) is 8.19. The zero-order chi connectivity index (χ0) is 11.9. The molecule has 0 bridgehead atoms. The topological polar surface area (TPSA) is 92.0 Å². The van der Waals surface area contributed by atoms with E-state index in [1.54, 1.807) is 6.20 Å². The third kappa shape index (κ3) is 1.63. The standard InChI is InChI=1S/C10H13N5O2/c1-15-4-3-12-8(15)7-13-9(17-14-7)10(11)2-5-16-6-10/h3-4H,2,5-6,11H2,1H3. The van der Waals surface area contributed by atoms with E-state index in [2.05, 4.69) is 15.1 Å². The largest absolute Gasteiger partial charge is 0.379 e. The lowest BCUT2D eigenvalue weighted by molar-refractivity contribution is 0.166. The molecule has 2 N–H and O–H groups in total. The van der Waals surface area contributed by atoms with Gasteiger partial charge in [-0.05, 0) is 6.42 Å². The predicted octanol–water partition coefficient (Wildman–Crippen LogP) is 0.0444. The highest BCUT2D eigenvalue weighted by Crippen LogP contribution is 2.27. The molecule has 1 aliphatic heterocycles. The van der Waals surface area contributed by atoms with E-state index in [0.717, 1.165) is 0 Å². The molecule has 3 heterocycles. The van der Waals surface area contributed by atoms with E-state index >= 15 is 0 Å². The van der Waals surface area contributed by atoms with E-state index < -0.39 is 5.54 Å². The monoisotopic (exact) mass is 235 g/mol. The van der Waals surface area contributed by atoms with E-state index in [1.165, 1.54) is 0 Å². The van der Waals surface area contributed by atoms with Gasteiger partial charge in [0.1, 0.15) is 5.54 Å². The zero-order valence-corrected chi connectivity index (χ0v) is 9.46. The normalized spacial score (nSPS) is 24.4. The molecule has 2 aromatic heterocycles. The highest BCUT2D eigenvalue weighted by atomic mass is 16.5. The third-order valence-corrected chi connectivity index (χ3v) is 2.93. The Morgan fingerprint density at radius 3 is 3.06 bits per heavy atom. The van der Waals surface area contributed by atoms with Crippen LogP contribution in [0.3, 0.4) is 0 Å². The van der Waals surface area contributed by atoms with E-state index in [9.17, 15) is 0 Å². The first-order valence-corrected chi connectivity index (χ1v) is 5.37. The Morgan fingerprint density at radius 1 is 1.53 bits per heavy atom. The molecule has 0 amide bonds. The molecule has 1 fully saturated rings. The lowest BCUT2D eigenvalue weighted by atomic mass is 10.0. The maximum absolute atomic E-state index is 6.14. The smallest absolute Gasteiger partial charge is 0.249 e. The van der Waals surface area contributed by atoms with Crippen molar-refractivity contribution in [1.29, 1.82) is 0 Å². The molecular formula is C10H13N5O2. The Balaban J connectivity index is 1.96. The molecular weight excluding hydrogens is 222 g/mol. The van der Waals surface area contributed by atoms with Gasteiger partial charge in [-0.1, -0.05) is 5.16 Å². The second kappa shape index (κ2) is 3.64. The molecule has 17 heavy (non-hydrogen) atoms. The first-order valence-electron chi connectivity index (χ1n) is 5.37. The van der Waals surface area contributed by atoms with Crippen LogP contribution in [0.5, 0.6) is 0 Å².